The second kappa shape index (κ2) is 16.9. The third-order valence-electron chi connectivity index (χ3n) is 0.726. The second-order valence-corrected chi connectivity index (χ2v) is 1.38. The summed E-state index contributed by atoms with van der Waals surface area (Å²) in [7, 11) is 0. The van der Waals surface area contributed by atoms with E-state index in [1.807, 2.05) is 0 Å². The minimum atomic E-state index is -0.389. The molecule has 0 aliphatic carbocycles. The Morgan fingerprint density at radius 3 is 2.33 bits per heavy atom. The minimum Gasteiger partial charge on any atom is -0.834 e. The van der Waals surface area contributed by atoms with E-state index in [0.717, 1.165) is 12.8 Å². The molecule has 0 aliphatic rings. The predicted molar refractivity (Wildman–Crippen MR) is 31.5 cm³/mol. The summed E-state index contributed by atoms with van der Waals surface area (Å²) >= 11 is 0. The van der Waals surface area contributed by atoms with Crippen LogP contribution in [0.3, 0.4) is 0 Å². The summed E-state index contributed by atoms with van der Waals surface area (Å²) in [6.07, 6.45) is 2.10. The van der Waals surface area contributed by atoms with Crippen LogP contribution in [0.25, 0.3) is 0 Å². The fourth-order valence-electron chi connectivity index (χ4n) is 0.305. The average Bonchev–Trinajstić information content (AvgIpc) is 1.69. The van der Waals surface area contributed by atoms with Crippen LogP contribution in [0.2, 0.25) is 0 Å². The van der Waals surface area contributed by atoms with Crippen molar-refractivity contribution in [1.29, 1.82) is 0 Å². The Bertz CT molecular complexity index is 34.1. The van der Waals surface area contributed by atoms with Crippen LogP contribution >= 0.6 is 0 Å². The van der Waals surface area contributed by atoms with E-state index in [1.54, 1.807) is 0 Å². The molecule has 0 fully saturated rings. The fraction of sp³-hybridized carbons (Fsp3) is 1.00. The first-order valence-electron chi connectivity index (χ1n) is 2.57. The molecule has 0 amide bonds. The Balaban J connectivity index is -0.000000180. The molecule has 0 aromatic heterocycles. The van der Waals surface area contributed by atoms with E-state index in [0.29, 0.717) is 6.61 Å². The summed E-state index contributed by atoms with van der Waals surface area (Å²) < 4.78 is 4.52. The predicted octanol–water partition coefficient (Wildman–Crippen LogP) is -3.26. The molecule has 0 bridgehead atoms. The molecule has 0 aromatic rings. The Kier molecular flexibility index (Phi) is 33.0. The van der Waals surface area contributed by atoms with Crippen LogP contribution in [0.5, 0.6) is 0 Å². The van der Waals surface area contributed by atoms with Crippen LogP contribution < -0.4 is 56.5 Å². The molecule has 2 nitrogen and oxygen atoms in total. The topological polar surface area (TPSA) is 32.3 Å². The molecule has 9 heavy (non-hydrogen) atoms. The van der Waals surface area contributed by atoms with Crippen LogP contribution in [0.15, 0.2) is 0 Å². The molecular formula is C5H11KNaO2. The van der Waals surface area contributed by atoms with Crippen molar-refractivity contribution in [1.82, 2.24) is 0 Å². The normalized spacial score (nSPS) is 7.33. The first-order chi connectivity index (χ1) is 3.41. The van der Waals surface area contributed by atoms with Gasteiger partial charge in [-0.3, -0.25) is 0 Å². The molecule has 0 aliphatic heterocycles. The maximum Gasteiger partial charge on any atom is 1.00 e. The summed E-state index contributed by atoms with van der Waals surface area (Å²) in [6.45, 7) is 2.30. The van der Waals surface area contributed by atoms with Crippen molar-refractivity contribution in [3.05, 3.63) is 0 Å². The number of hydrogen-bond acceptors (Lipinski definition) is 2. The number of unbranched alkanes of at least 4 members (excludes halogenated alkanes) is 1. The third kappa shape index (κ3) is 18.0. The van der Waals surface area contributed by atoms with Gasteiger partial charge >= 0.3 is 51.4 Å². The molecule has 0 spiro atoms. The second-order valence-electron chi connectivity index (χ2n) is 1.38. The Labute approximate surface area is 121 Å². The van der Waals surface area contributed by atoms with E-state index in [9.17, 15) is 5.11 Å². The molecule has 0 unspecified atom stereocenters. The van der Waals surface area contributed by atoms with Crippen LogP contribution in [0.4, 0.5) is 0 Å². The van der Waals surface area contributed by atoms with Gasteiger partial charge in [0.2, 0.25) is 0 Å². The number of rotatable bonds is 4. The van der Waals surface area contributed by atoms with Crippen molar-refractivity contribution >= 4 is 29.6 Å². The summed E-state index contributed by atoms with van der Waals surface area (Å²) in [6, 6.07) is 0. The standard InChI is InChI=1S/C5H11O2.K.Na/c1-2-3-4-7-5-6;;/h2-5H2,1H3;;/q-1;+1;. The Morgan fingerprint density at radius 2 is 2.00 bits per heavy atom. The van der Waals surface area contributed by atoms with Gasteiger partial charge in [0.15, 0.2) is 0 Å². The average molecular weight is 165 g/mol. The molecule has 0 saturated heterocycles. The van der Waals surface area contributed by atoms with Crippen LogP contribution in [0, 0.1) is 0 Å². The molecular weight excluding hydrogens is 154 g/mol. The van der Waals surface area contributed by atoms with E-state index in [1.165, 1.54) is 0 Å². The van der Waals surface area contributed by atoms with Gasteiger partial charge in [-0.25, -0.2) is 0 Å². The third-order valence-corrected chi connectivity index (χ3v) is 0.726. The molecule has 0 N–H and O–H groups in total. The van der Waals surface area contributed by atoms with Crippen molar-refractivity contribution in [2.75, 3.05) is 13.4 Å². The van der Waals surface area contributed by atoms with Crippen molar-refractivity contribution in [3.63, 3.8) is 0 Å². The summed E-state index contributed by atoms with van der Waals surface area (Å²) in [5.41, 5.74) is 0. The molecule has 45 valence electrons. The minimum absolute atomic E-state index is 0. The van der Waals surface area contributed by atoms with Gasteiger partial charge in [-0.05, 0) is 13.2 Å². The molecule has 0 aromatic carbocycles. The maximum atomic E-state index is 9.58. The first kappa shape index (κ1) is 17.6. The largest absolute Gasteiger partial charge is 1.00 e. The molecule has 0 heterocycles. The van der Waals surface area contributed by atoms with Crippen LogP contribution in [-0.4, -0.2) is 43.0 Å². The van der Waals surface area contributed by atoms with Gasteiger partial charge in [0, 0.05) is 36.2 Å². The monoisotopic (exact) mass is 165 g/mol. The number of ether oxygens (including phenoxy) is 1. The summed E-state index contributed by atoms with van der Waals surface area (Å²) in [4.78, 5) is 0. The van der Waals surface area contributed by atoms with Gasteiger partial charge in [0.25, 0.3) is 0 Å². The Morgan fingerprint density at radius 1 is 1.44 bits per heavy atom. The van der Waals surface area contributed by atoms with Gasteiger partial charge in [0.1, 0.15) is 0 Å². The van der Waals surface area contributed by atoms with Crippen LogP contribution in [0.1, 0.15) is 19.8 Å². The SMILES string of the molecule is CCCCOC[O-].[K+].[Na]. The quantitative estimate of drug-likeness (QED) is 0.249. The molecule has 0 rings (SSSR count). The zero-order valence-corrected chi connectivity index (χ0v) is 11.8. The molecule has 4 heteroatoms. The van der Waals surface area contributed by atoms with Crippen molar-refractivity contribution in [3.8, 4) is 0 Å². The zero-order valence-electron chi connectivity index (χ0n) is 6.64. The van der Waals surface area contributed by atoms with Crippen molar-refractivity contribution in [2.24, 2.45) is 0 Å². The van der Waals surface area contributed by atoms with E-state index >= 15 is 0 Å². The van der Waals surface area contributed by atoms with E-state index in [-0.39, 0.29) is 87.7 Å². The van der Waals surface area contributed by atoms with Gasteiger partial charge in [0.05, 0.1) is 0 Å². The van der Waals surface area contributed by atoms with Gasteiger partial charge in [-0.2, -0.15) is 0 Å². The van der Waals surface area contributed by atoms with E-state index in [2.05, 4.69) is 11.7 Å². The van der Waals surface area contributed by atoms with E-state index in [4.69, 9.17) is 0 Å². The summed E-state index contributed by atoms with van der Waals surface area (Å²) in [5.74, 6) is 0. The van der Waals surface area contributed by atoms with Gasteiger partial charge in [-0.15, -0.1) is 0 Å². The molecule has 0 saturated carbocycles. The maximum absolute atomic E-state index is 9.58. The summed E-state index contributed by atoms with van der Waals surface area (Å²) in [5, 5.41) is 9.58. The van der Waals surface area contributed by atoms with Gasteiger partial charge in [-0.1, -0.05) is 13.3 Å². The smallest absolute Gasteiger partial charge is 0.834 e. The van der Waals surface area contributed by atoms with E-state index < -0.39 is 0 Å². The molecule has 1 radical (unpaired) electrons. The van der Waals surface area contributed by atoms with Gasteiger partial charge < -0.3 is 9.84 Å². The molecule has 0 atom stereocenters. The van der Waals surface area contributed by atoms with Crippen LogP contribution in [-0.2, 0) is 4.74 Å². The number of hydrogen-bond donors (Lipinski definition) is 0. The zero-order chi connectivity index (χ0) is 5.54. The van der Waals surface area contributed by atoms with Crippen molar-refractivity contribution < 1.29 is 61.2 Å². The van der Waals surface area contributed by atoms with Crippen molar-refractivity contribution in [2.45, 2.75) is 19.8 Å². The first-order valence-corrected chi connectivity index (χ1v) is 2.57. The Hall–Kier alpha value is 2.56. The fourth-order valence-corrected chi connectivity index (χ4v) is 0.305.